The molecule has 0 aromatic heterocycles. The number of rotatable bonds is 15. The molecule has 10 heteroatoms. The van der Waals surface area contributed by atoms with Crippen LogP contribution >= 0.6 is 23.2 Å². The van der Waals surface area contributed by atoms with Gasteiger partial charge in [-0.1, -0.05) is 91.1 Å². The fourth-order valence-electron chi connectivity index (χ4n) is 4.51. The number of carbonyl (C=O) groups is 2. The minimum Gasteiger partial charge on any atom is -0.354 e. The van der Waals surface area contributed by atoms with Crippen LogP contribution in [-0.2, 0) is 32.6 Å². The van der Waals surface area contributed by atoms with Crippen molar-refractivity contribution < 1.29 is 18.0 Å². The molecule has 2 amide bonds. The van der Waals surface area contributed by atoms with Gasteiger partial charge in [-0.05, 0) is 42.7 Å². The summed E-state index contributed by atoms with van der Waals surface area (Å²) in [5.74, 6) is -0.560. The van der Waals surface area contributed by atoms with Gasteiger partial charge in [0.2, 0.25) is 21.8 Å². The molecule has 3 aromatic carbocycles. The standard InChI is InChI=1S/C31H37Cl2N3O4S/c1-3-4-20-34-31(38)29(22-24-13-7-5-8-14-24)35(23-26-27(32)17-11-18-28(26)33)30(37)19-12-21-36(41(2,39)40)25-15-9-6-10-16-25/h5-11,13-18,29H,3-4,12,19-23H2,1-2H3,(H,34,38). The highest BCUT2D eigenvalue weighted by molar-refractivity contribution is 7.92. The number of hydrogen-bond donors (Lipinski definition) is 1. The Morgan fingerprint density at radius 2 is 1.49 bits per heavy atom. The average Bonchev–Trinajstić information content (AvgIpc) is 2.94. The summed E-state index contributed by atoms with van der Waals surface area (Å²) in [5, 5.41) is 3.78. The summed E-state index contributed by atoms with van der Waals surface area (Å²) in [5.41, 5.74) is 1.98. The lowest BCUT2D eigenvalue weighted by molar-refractivity contribution is -0.141. The fraction of sp³-hybridized carbons (Fsp3) is 0.355. The number of anilines is 1. The van der Waals surface area contributed by atoms with Crippen LogP contribution < -0.4 is 9.62 Å². The van der Waals surface area contributed by atoms with Crippen molar-refractivity contribution in [3.05, 3.63) is 100 Å². The van der Waals surface area contributed by atoms with Crippen LogP contribution in [0, 0.1) is 0 Å². The highest BCUT2D eigenvalue weighted by Gasteiger charge is 2.31. The van der Waals surface area contributed by atoms with Gasteiger partial charge in [0, 0.05) is 48.1 Å². The monoisotopic (exact) mass is 617 g/mol. The quantitative estimate of drug-likeness (QED) is 0.209. The second-order valence-corrected chi connectivity index (χ2v) is 12.6. The Kier molecular flexibility index (Phi) is 12.5. The van der Waals surface area contributed by atoms with Crippen LogP contribution in [0.5, 0.6) is 0 Å². The molecule has 0 fully saturated rings. The summed E-state index contributed by atoms with van der Waals surface area (Å²) < 4.78 is 26.3. The number of unbranched alkanes of at least 4 members (excludes halogenated alkanes) is 1. The van der Waals surface area contributed by atoms with Gasteiger partial charge in [-0.15, -0.1) is 0 Å². The Morgan fingerprint density at radius 1 is 0.878 bits per heavy atom. The molecule has 0 radical (unpaired) electrons. The van der Waals surface area contributed by atoms with Crippen LogP contribution in [0.3, 0.4) is 0 Å². The number of halogens is 2. The van der Waals surface area contributed by atoms with Gasteiger partial charge < -0.3 is 10.2 Å². The zero-order valence-electron chi connectivity index (χ0n) is 23.4. The minimum atomic E-state index is -3.57. The molecule has 220 valence electrons. The fourth-order valence-corrected chi connectivity index (χ4v) is 5.99. The summed E-state index contributed by atoms with van der Waals surface area (Å²) in [7, 11) is -3.57. The van der Waals surface area contributed by atoms with Crippen molar-refractivity contribution in [2.45, 2.75) is 51.6 Å². The van der Waals surface area contributed by atoms with E-state index < -0.39 is 16.1 Å². The minimum absolute atomic E-state index is 0.0223. The maximum atomic E-state index is 13.9. The SMILES string of the molecule is CCCCNC(=O)C(Cc1ccccc1)N(Cc1c(Cl)cccc1Cl)C(=O)CCCN(c1ccccc1)S(C)(=O)=O. The zero-order valence-corrected chi connectivity index (χ0v) is 25.8. The Hall–Kier alpha value is -3.07. The van der Waals surface area contributed by atoms with Crippen LogP contribution in [0.4, 0.5) is 5.69 Å². The summed E-state index contributed by atoms with van der Waals surface area (Å²) in [6.07, 6.45) is 3.45. The zero-order chi connectivity index (χ0) is 29.8. The van der Waals surface area contributed by atoms with E-state index >= 15 is 0 Å². The average molecular weight is 619 g/mol. The topological polar surface area (TPSA) is 86.8 Å². The van der Waals surface area contributed by atoms with Crippen LogP contribution in [0.1, 0.15) is 43.7 Å². The van der Waals surface area contributed by atoms with Crippen molar-refractivity contribution in [1.29, 1.82) is 0 Å². The molecule has 0 aliphatic heterocycles. The van der Waals surface area contributed by atoms with E-state index in [1.54, 1.807) is 42.5 Å². The molecule has 0 heterocycles. The third kappa shape index (κ3) is 9.76. The molecule has 7 nitrogen and oxygen atoms in total. The number of amides is 2. The van der Waals surface area contributed by atoms with Crippen molar-refractivity contribution in [1.82, 2.24) is 10.2 Å². The summed E-state index contributed by atoms with van der Waals surface area (Å²) in [4.78, 5) is 29.0. The van der Waals surface area contributed by atoms with Gasteiger partial charge in [0.25, 0.3) is 0 Å². The first-order chi connectivity index (χ1) is 19.6. The molecule has 1 unspecified atom stereocenters. The van der Waals surface area contributed by atoms with E-state index in [0.717, 1.165) is 24.7 Å². The lowest BCUT2D eigenvalue weighted by Gasteiger charge is -2.32. The Bertz CT molecular complexity index is 1370. The van der Waals surface area contributed by atoms with Gasteiger partial charge in [0.1, 0.15) is 6.04 Å². The van der Waals surface area contributed by atoms with Crippen LogP contribution in [0.25, 0.3) is 0 Å². The number of sulfonamides is 1. The smallest absolute Gasteiger partial charge is 0.243 e. The van der Waals surface area contributed by atoms with E-state index in [2.05, 4.69) is 5.32 Å². The molecule has 0 saturated carbocycles. The summed E-state index contributed by atoms with van der Waals surface area (Å²) in [6, 6.07) is 22.6. The first-order valence-corrected chi connectivity index (χ1v) is 16.3. The van der Waals surface area contributed by atoms with Crippen molar-refractivity contribution in [2.75, 3.05) is 23.7 Å². The van der Waals surface area contributed by atoms with Crippen molar-refractivity contribution >= 4 is 50.7 Å². The van der Waals surface area contributed by atoms with Crippen LogP contribution in [0.15, 0.2) is 78.9 Å². The van der Waals surface area contributed by atoms with Crippen molar-refractivity contribution in [3.63, 3.8) is 0 Å². The van der Waals surface area contributed by atoms with E-state index in [-0.39, 0.29) is 37.7 Å². The number of benzene rings is 3. The molecule has 0 aliphatic rings. The first kappa shape index (κ1) is 32.4. The molecule has 41 heavy (non-hydrogen) atoms. The number of hydrogen-bond acceptors (Lipinski definition) is 4. The van der Waals surface area contributed by atoms with Crippen molar-refractivity contribution in [2.24, 2.45) is 0 Å². The van der Waals surface area contributed by atoms with E-state index in [0.29, 0.717) is 34.3 Å². The Balaban J connectivity index is 1.91. The second-order valence-electron chi connectivity index (χ2n) is 9.85. The highest BCUT2D eigenvalue weighted by atomic mass is 35.5. The lowest BCUT2D eigenvalue weighted by atomic mass is 10.0. The largest absolute Gasteiger partial charge is 0.354 e. The predicted molar refractivity (Wildman–Crippen MR) is 167 cm³/mol. The molecule has 0 spiro atoms. The second kappa shape index (κ2) is 15.8. The van der Waals surface area contributed by atoms with E-state index in [1.807, 2.05) is 43.3 Å². The molecule has 0 aliphatic carbocycles. The number of nitrogens with one attached hydrogen (secondary N) is 1. The number of nitrogens with zero attached hydrogens (tertiary/aromatic N) is 2. The van der Waals surface area contributed by atoms with E-state index in [1.165, 1.54) is 9.21 Å². The van der Waals surface area contributed by atoms with Crippen molar-refractivity contribution in [3.8, 4) is 0 Å². The normalized spacial score (nSPS) is 12.0. The van der Waals surface area contributed by atoms with Gasteiger partial charge in [0.05, 0.1) is 11.9 Å². The predicted octanol–water partition coefficient (Wildman–Crippen LogP) is 6.10. The van der Waals surface area contributed by atoms with Gasteiger partial charge in [-0.25, -0.2) is 8.42 Å². The third-order valence-corrected chi connectivity index (χ3v) is 8.59. The van der Waals surface area contributed by atoms with Gasteiger partial charge in [0.15, 0.2) is 0 Å². The lowest BCUT2D eigenvalue weighted by Crippen LogP contribution is -2.50. The van der Waals surface area contributed by atoms with E-state index in [9.17, 15) is 18.0 Å². The highest BCUT2D eigenvalue weighted by Crippen LogP contribution is 2.28. The molecule has 3 rings (SSSR count). The van der Waals surface area contributed by atoms with Crippen LogP contribution in [0.2, 0.25) is 10.0 Å². The molecular weight excluding hydrogens is 581 g/mol. The van der Waals surface area contributed by atoms with E-state index in [4.69, 9.17) is 23.2 Å². The molecule has 1 N–H and O–H groups in total. The van der Waals surface area contributed by atoms with Gasteiger partial charge in [-0.2, -0.15) is 0 Å². The summed E-state index contributed by atoms with van der Waals surface area (Å²) in [6.45, 7) is 2.68. The number of para-hydroxylation sites is 1. The molecular formula is C31H37Cl2N3O4S. The number of carbonyl (C=O) groups excluding carboxylic acids is 2. The van der Waals surface area contributed by atoms with Gasteiger partial charge >= 0.3 is 0 Å². The van der Waals surface area contributed by atoms with Crippen LogP contribution in [-0.4, -0.2) is 50.5 Å². The maximum Gasteiger partial charge on any atom is 0.243 e. The van der Waals surface area contributed by atoms with Gasteiger partial charge in [-0.3, -0.25) is 13.9 Å². The third-order valence-electron chi connectivity index (χ3n) is 6.69. The first-order valence-electron chi connectivity index (χ1n) is 13.7. The molecule has 1 atom stereocenters. The summed E-state index contributed by atoms with van der Waals surface area (Å²) >= 11 is 13.0. The maximum absolute atomic E-state index is 13.9. The molecule has 0 saturated heterocycles. The Morgan fingerprint density at radius 3 is 2.07 bits per heavy atom. The molecule has 3 aromatic rings. The molecule has 0 bridgehead atoms. The Labute approximate surface area is 253 Å².